The number of aryl methyl sites for hydroxylation is 4. The van der Waals surface area contributed by atoms with Gasteiger partial charge in [0, 0.05) is 18.2 Å². The molecule has 0 aliphatic heterocycles. The number of rotatable bonds is 20. The predicted octanol–water partition coefficient (Wildman–Crippen LogP) is 5.53. The lowest BCUT2D eigenvalue weighted by molar-refractivity contribution is -0.172. The highest BCUT2D eigenvalue weighted by Gasteiger charge is 2.36. The van der Waals surface area contributed by atoms with Crippen LogP contribution in [0.15, 0.2) is 42.5 Å². The van der Waals surface area contributed by atoms with Gasteiger partial charge in [0.2, 0.25) is 0 Å². The summed E-state index contributed by atoms with van der Waals surface area (Å²) in [6, 6.07) is 14.2. The molecule has 1 amide bonds. The summed E-state index contributed by atoms with van der Waals surface area (Å²) in [4.78, 5) is 35.6. The molecule has 2 atom stereocenters. The lowest BCUT2D eigenvalue weighted by atomic mass is 10.0. The quantitative estimate of drug-likeness (QED) is 0.177. The van der Waals surface area contributed by atoms with Crippen molar-refractivity contribution in [3.05, 3.63) is 69.7 Å². The minimum Gasteiger partial charge on any atom is -0.480 e. The van der Waals surface area contributed by atoms with Crippen LogP contribution >= 0.6 is 11.6 Å². The number of unbranched alkanes of at least 4 members (excludes halogenated alkanes) is 5. The largest absolute Gasteiger partial charge is 0.480 e. The van der Waals surface area contributed by atoms with E-state index >= 15 is 0 Å². The Labute approximate surface area is 242 Å². The third kappa shape index (κ3) is 12.9. The van der Waals surface area contributed by atoms with E-state index in [0.717, 1.165) is 51.4 Å². The maximum atomic E-state index is 12.9. The summed E-state index contributed by atoms with van der Waals surface area (Å²) in [5, 5.41) is 22.0. The van der Waals surface area contributed by atoms with Gasteiger partial charge < -0.3 is 25.0 Å². The van der Waals surface area contributed by atoms with Crippen LogP contribution in [0, 0.1) is 13.8 Å². The van der Waals surface area contributed by atoms with E-state index in [9.17, 15) is 19.5 Å². The van der Waals surface area contributed by atoms with Crippen molar-refractivity contribution in [1.29, 1.82) is 0 Å². The summed E-state index contributed by atoms with van der Waals surface area (Å²) < 4.78 is 10.7. The molecule has 0 aliphatic rings. The molecule has 2 rings (SSSR count). The molecule has 0 aromatic heterocycles. The van der Waals surface area contributed by atoms with Crippen molar-refractivity contribution in [2.45, 2.75) is 83.8 Å². The van der Waals surface area contributed by atoms with Crippen LogP contribution < -0.4 is 5.32 Å². The van der Waals surface area contributed by atoms with E-state index in [1.54, 1.807) is 0 Å². The summed E-state index contributed by atoms with van der Waals surface area (Å²) in [7, 11) is 0. The molecule has 2 aromatic rings. The summed E-state index contributed by atoms with van der Waals surface area (Å²) in [6.07, 6.45) is 4.73. The monoisotopic (exact) mass is 575 g/mol. The molecule has 0 radical (unpaired) electrons. The van der Waals surface area contributed by atoms with E-state index in [1.165, 1.54) is 22.3 Å². The number of carbonyl (C=O) groups is 3. The number of benzene rings is 2. The number of nitrogens with one attached hydrogen (secondary N) is 1. The Hall–Kier alpha value is -2.94. The molecule has 9 heteroatoms. The fourth-order valence-corrected chi connectivity index (χ4v) is 4.42. The highest BCUT2D eigenvalue weighted by molar-refractivity contribution is 6.30. The zero-order valence-corrected chi connectivity index (χ0v) is 24.3. The number of carboxylic acid groups (broad SMARTS) is 2. The molecule has 220 valence electrons. The normalized spacial score (nSPS) is 12.6. The number of hydrogen-bond donors (Lipinski definition) is 3. The molecule has 0 fully saturated rings. The van der Waals surface area contributed by atoms with Gasteiger partial charge in [-0.3, -0.25) is 4.79 Å². The number of carboxylic acids is 2. The smallest absolute Gasteiger partial charge is 0.336 e. The number of hydrogen-bond acceptors (Lipinski definition) is 5. The number of aliphatic carboxylic acids is 2. The minimum atomic E-state index is -1.72. The van der Waals surface area contributed by atoms with E-state index in [0.29, 0.717) is 18.0 Å². The van der Waals surface area contributed by atoms with Crippen molar-refractivity contribution < 1.29 is 34.1 Å². The SMILES string of the molecule is Cc1ccc(CCCCCOC(C(=O)NCCCCCCc2ccc(Cl)cc2)C(OCC(=O)O)C(=O)O)cc1C. The fraction of sp³-hybridized carbons (Fsp3) is 0.516. The standard InChI is InChI=1S/C31H42ClNO7/c1-22-12-13-25(20-23(22)2)11-7-5-9-19-39-28(29(31(37)38)40-21-27(34)35)30(36)33-18-8-4-3-6-10-24-14-16-26(32)17-15-24/h12-17,20,28-29H,3-11,18-19,21H2,1-2H3,(H,33,36)(H,34,35)(H,37,38). The van der Waals surface area contributed by atoms with Crippen LogP contribution in [-0.4, -0.2) is 60.0 Å². The second-order valence-corrected chi connectivity index (χ2v) is 10.5. The topological polar surface area (TPSA) is 122 Å². The number of amides is 1. The summed E-state index contributed by atoms with van der Waals surface area (Å²) in [5.41, 5.74) is 5.01. The van der Waals surface area contributed by atoms with Crippen LogP contribution in [0.3, 0.4) is 0 Å². The van der Waals surface area contributed by atoms with E-state index in [4.69, 9.17) is 26.2 Å². The molecule has 0 bridgehead atoms. The van der Waals surface area contributed by atoms with Crippen LogP contribution in [0.25, 0.3) is 0 Å². The van der Waals surface area contributed by atoms with Gasteiger partial charge in [0.05, 0.1) is 0 Å². The van der Waals surface area contributed by atoms with Gasteiger partial charge in [-0.05, 0) is 86.8 Å². The molecule has 0 saturated heterocycles. The average Bonchev–Trinajstić information content (AvgIpc) is 2.91. The van der Waals surface area contributed by atoms with Crippen molar-refractivity contribution in [1.82, 2.24) is 5.32 Å². The van der Waals surface area contributed by atoms with Crippen LogP contribution in [0.2, 0.25) is 5.02 Å². The first-order valence-electron chi connectivity index (χ1n) is 13.9. The van der Waals surface area contributed by atoms with Crippen molar-refractivity contribution in [2.24, 2.45) is 0 Å². The molecule has 2 aromatic carbocycles. The third-order valence-corrected chi connectivity index (χ3v) is 7.00. The predicted molar refractivity (Wildman–Crippen MR) is 155 cm³/mol. The number of carbonyl (C=O) groups excluding carboxylic acids is 1. The first kappa shape index (κ1) is 33.3. The van der Waals surface area contributed by atoms with Gasteiger partial charge in [0.15, 0.2) is 12.2 Å². The Morgan fingerprint density at radius 3 is 2.05 bits per heavy atom. The minimum absolute atomic E-state index is 0.163. The number of ether oxygens (including phenoxy) is 2. The summed E-state index contributed by atoms with van der Waals surface area (Å²) >= 11 is 5.91. The zero-order valence-electron chi connectivity index (χ0n) is 23.5. The van der Waals surface area contributed by atoms with Gasteiger partial charge in [-0.25, -0.2) is 9.59 Å². The maximum absolute atomic E-state index is 12.9. The van der Waals surface area contributed by atoms with E-state index < -0.39 is 36.7 Å². The van der Waals surface area contributed by atoms with Crippen LogP contribution in [-0.2, 0) is 36.7 Å². The average molecular weight is 576 g/mol. The third-order valence-electron chi connectivity index (χ3n) is 6.75. The van der Waals surface area contributed by atoms with Gasteiger partial charge in [-0.2, -0.15) is 0 Å². The van der Waals surface area contributed by atoms with Crippen LogP contribution in [0.5, 0.6) is 0 Å². The Balaban J connectivity index is 1.77. The van der Waals surface area contributed by atoms with E-state index in [1.807, 2.05) is 24.3 Å². The Morgan fingerprint density at radius 1 is 0.775 bits per heavy atom. The van der Waals surface area contributed by atoms with Crippen LogP contribution in [0.4, 0.5) is 0 Å². The van der Waals surface area contributed by atoms with Crippen molar-refractivity contribution in [3.63, 3.8) is 0 Å². The lowest BCUT2D eigenvalue weighted by Gasteiger charge is -2.23. The Bertz CT molecular complexity index is 1070. The fourth-order valence-electron chi connectivity index (χ4n) is 4.30. The second kappa shape index (κ2) is 18.4. The first-order valence-corrected chi connectivity index (χ1v) is 14.3. The van der Waals surface area contributed by atoms with Gasteiger partial charge >= 0.3 is 11.9 Å². The van der Waals surface area contributed by atoms with Crippen molar-refractivity contribution >= 4 is 29.4 Å². The molecular weight excluding hydrogens is 534 g/mol. The van der Waals surface area contributed by atoms with Crippen LogP contribution in [0.1, 0.15) is 67.2 Å². The highest BCUT2D eigenvalue weighted by Crippen LogP contribution is 2.15. The molecule has 8 nitrogen and oxygen atoms in total. The highest BCUT2D eigenvalue weighted by atomic mass is 35.5. The number of halogens is 1. The summed E-state index contributed by atoms with van der Waals surface area (Å²) in [5.74, 6) is -3.39. The van der Waals surface area contributed by atoms with Gasteiger partial charge in [-0.15, -0.1) is 0 Å². The molecular formula is C31H42ClNO7. The molecule has 0 aliphatic carbocycles. The Morgan fingerprint density at radius 2 is 1.40 bits per heavy atom. The van der Waals surface area contributed by atoms with Crippen molar-refractivity contribution in [2.75, 3.05) is 19.8 Å². The Kier molecular flexibility index (Phi) is 15.3. The van der Waals surface area contributed by atoms with Gasteiger partial charge in [-0.1, -0.05) is 61.2 Å². The molecule has 0 saturated carbocycles. The van der Waals surface area contributed by atoms with Crippen molar-refractivity contribution in [3.8, 4) is 0 Å². The second-order valence-electron chi connectivity index (χ2n) is 10.1. The molecule has 3 N–H and O–H groups in total. The molecule has 0 heterocycles. The maximum Gasteiger partial charge on any atom is 0.336 e. The van der Waals surface area contributed by atoms with E-state index in [2.05, 4.69) is 37.4 Å². The molecule has 40 heavy (non-hydrogen) atoms. The zero-order chi connectivity index (χ0) is 29.3. The summed E-state index contributed by atoms with van der Waals surface area (Å²) in [6.45, 7) is 3.86. The molecule has 2 unspecified atom stereocenters. The van der Waals surface area contributed by atoms with Gasteiger partial charge in [0.25, 0.3) is 5.91 Å². The van der Waals surface area contributed by atoms with E-state index in [-0.39, 0.29) is 6.61 Å². The molecule has 0 spiro atoms. The van der Waals surface area contributed by atoms with Gasteiger partial charge in [0.1, 0.15) is 6.61 Å². The lowest BCUT2D eigenvalue weighted by Crippen LogP contribution is -2.49. The first-order chi connectivity index (χ1) is 19.2.